The summed E-state index contributed by atoms with van der Waals surface area (Å²) < 4.78 is 50.2. The molecule has 6 atom stereocenters. The second-order valence-corrected chi connectivity index (χ2v) is 13.3. The number of alkyl halides is 2. The predicted octanol–water partition coefficient (Wildman–Crippen LogP) is 5.07. The summed E-state index contributed by atoms with van der Waals surface area (Å²) in [6.07, 6.45) is 1.49. The summed E-state index contributed by atoms with van der Waals surface area (Å²) in [6.45, 7) is 0.0298. The molecule has 1 aliphatic carbocycles. The lowest BCUT2D eigenvalue weighted by Crippen LogP contribution is -2.70. The number of carbonyl (C=O) groups excluding carboxylic acids is 2. The SMILES string of the molecule is C[C@@H](O)[C@@H]1CC[C@@H](CC(=O)[C@@H]2NC3(CC(CF)(CF)C3)[C@@]3(C(=O)Nc4cc(Cl)ccc43)[C@H]2c2ccnc(Cl)c2F)CO1. The number of aliphatic hydroxyl groups excluding tert-OH is 1. The number of ketones is 1. The molecule has 7 nitrogen and oxygen atoms in total. The Morgan fingerprint density at radius 2 is 1.95 bits per heavy atom. The number of amides is 1. The Kier molecular flexibility index (Phi) is 7.62. The maximum Gasteiger partial charge on any atom is 0.237 e. The fourth-order valence-electron chi connectivity index (χ4n) is 8.10. The summed E-state index contributed by atoms with van der Waals surface area (Å²) >= 11 is 12.4. The van der Waals surface area contributed by atoms with Crippen molar-refractivity contribution in [2.75, 3.05) is 25.3 Å². The first-order valence-corrected chi connectivity index (χ1v) is 14.9. The van der Waals surface area contributed by atoms with E-state index in [4.69, 9.17) is 27.9 Å². The molecule has 3 N–H and O–H groups in total. The average Bonchev–Trinajstić information content (AvgIpc) is 3.41. The van der Waals surface area contributed by atoms with Gasteiger partial charge in [0.1, 0.15) is 5.41 Å². The van der Waals surface area contributed by atoms with Crippen LogP contribution in [0.3, 0.4) is 0 Å². The normalized spacial score (nSPS) is 31.5. The topological polar surface area (TPSA) is 101 Å². The number of fused-ring (bicyclic) bond motifs is 3. The van der Waals surface area contributed by atoms with E-state index in [0.29, 0.717) is 29.1 Å². The van der Waals surface area contributed by atoms with Crippen molar-refractivity contribution in [3.8, 4) is 0 Å². The van der Waals surface area contributed by atoms with Gasteiger partial charge < -0.3 is 15.2 Å². The zero-order valence-electron chi connectivity index (χ0n) is 22.9. The van der Waals surface area contributed by atoms with Crippen LogP contribution >= 0.6 is 23.2 Å². The van der Waals surface area contributed by atoms with Crippen molar-refractivity contribution in [3.05, 3.63) is 57.6 Å². The molecule has 4 heterocycles. The van der Waals surface area contributed by atoms with Crippen LogP contribution in [0.15, 0.2) is 30.5 Å². The minimum Gasteiger partial charge on any atom is -0.391 e. The van der Waals surface area contributed by atoms with Gasteiger partial charge in [0, 0.05) is 40.2 Å². The van der Waals surface area contributed by atoms with E-state index in [9.17, 15) is 23.5 Å². The van der Waals surface area contributed by atoms with Gasteiger partial charge in [-0.3, -0.25) is 23.7 Å². The van der Waals surface area contributed by atoms with Gasteiger partial charge in [0.05, 0.1) is 38.2 Å². The fraction of sp³-hybridized carbons (Fsp3) is 0.567. The largest absolute Gasteiger partial charge is 0.391 e. The summed E-state index contributed by atoms with van der Waals surface area (Å²) in [6, 6.07) is 5.16. The summed E-state index contributed by atoms with van der Waals surface area (Å²) in [5, 5.41) is 16.1. The summed E-state index contributed by atoms with van der Waals surface area (Å²) in [4.78, 5) is 32.3. The van der Waals surface area contributed by atoms with Gasteiger partial charge in [-0.25, -0.2) is 9.37 Å². The van der Waals surface area contributed by atoms with Crippen LogP contribution in [0.4, 0.5) is 18.9 Å². The van der Waals surface area contributed by atoms with Gasteiger partial charge in [-0.2, -0.15) is 0 Å². The first-order valence-electron chi connectivity index (χ1n) is 14.1. The van der Waals surface area contributed by atoms with Gasteiger partial charge in [0.2, 0.25) is 5.91 Å². The Morgan fingerprint density at radius 1 is 1.21 bits per heavy atom. The van der Waals surface area contributed by atoms with Gasteiger partial charge in [0.25, 0.3) is 0 Å². The molecule has 1 aromatic heterocycles. The van der Waals surface area contributed by atoms with Crippen LogP contribution in [0.1, 0.15) is 56.1 Å². The smallest absolute Gasteiger partial charge is 0.237 e. The van der Waals surface area contributed by atoms with E-state index < -0.39 is 64.7 Å². The molecule has 0 bridgehead atoms. The highest BCUT2D eigenvalue weighted by Gasteiger charge is 2.78. The van der Waals surface area contributed by atoms with Crippen molar-refractivity contribution in [3.63, 3.8) is 0 Å². The number of nitrogens with zero attached hydrogens (tertiary/aromatic N) is 1. The molecular formula is C30H32Cl2F3N3O4. The lowest BCUT2D eigenvalue weighted by molar-refractivity contribution is -0.131. The van der Waals surface area contributed by atoms with Crippen LogP contribution in [0.2, 0.25) is 10.2 Å². The van der Waals surface area contributed by atoms with Crippen molar-refractivity contribution in [2.45, 2.75) is 74.1 Å². The maximum absolute atomic E-state index is 15.9. The number of anilines is 1. The van der Waals surface area contributed by atoms with Crippen LogP contribution < -0.4 is 10.6 Å². The summed E-state index contributed by atoms with van der Waals surface area (Å²) in [5.41, 5.74) is -3.31. The molecule has 2 aromatic rings. The van der Waals surface area contributed by atoms with E-state index >= 15 is 4.39 Å². The number of benzene rings is 1. The minimum absolute atomic E-state index is 0.0164. The highest BCUT2D eigenvalue weighted by atomic mass is 35.5. The van der Waals surface area contributed by atoms with Crippen LogP contribution in [0.5, 0.6) is 0 Å². The van der Waals surface area contributed by atoms with Crippen LogP contribution in [0.25, 0.3) is 0 Å². The molecule has 0 unspecified atom stereocenters. The van der Waals surface area contributed by atoms with Gasteiger partial charge in [-0.1, -0.05) is 29.3 Å². The maximum atomic E-state index is 15.9. The van der Waals surface area contributed by atoms with Gasteiger partial charge >= 0.3 is 0 Å². The molecule has 2 saturated heterocycles. The van der Waals surface area contributed by atoms with Gasteiger partial charge in [0.15, 0.2) is 16.8 Å². The zero-order chi connectivity index (χ0) is 30.0. The molecule has 4 aliphatic rings. The first kappa shape index (κ1) is 29.8. The Labute approximate surface area is 251 Å². The number of hydrogen-bond acceptors (Lipinski definition) is 6. The quantitative estimate of drug-likeness (QED) is 0.372. The molecular weight excluding hydrogens is 594 g/mol. The molecule has 3 fully saturated rings. The Morgan fingerprint density at radius 3 is 2.60 bits per heavy atom. The van der Waals surface area contributed by atoms with Gasteiger partial charge in [-0.15, -0.1) is 0 Å². The summed E-state index contributed by atoms with van der Waals surface area (Å²) in [7, 11) is 0. The number of ether oxygens (including phenoxy) is 1. The average molecular weight is 627 g/mol. The van der Waals surface area contributed by atoms with Gasteiger partial charge in [-0.05, 0) is 67.9 Å². The molecule has 1 saturated carbocycles. The number of hydrogen-bond donors (Lipinski definition) is 3. The molecule has 0 radical (unpaired) electrons. The fourth-order valence-corrected chi connectivity index (χ4v) is 8.44. The van der Waals surface area contributed by atoms with Crippen LogP contribution in [-0.4, -0.2) is 65.5 Å². The first-order chi connectivity index (χ1) is 20.0. The number of Topliss-reactive ketones (excluding diaryl/α,β-unsaturated/α-hetero) is 1. The number of nitrogens with one attached hydrogen (secondary N) is 2. The number of pyridine rings is 1. The second-order valence-electron chi connectivity index (χ2n) is 12.5. The van der Waals surface area contributed by atoms with E-state index in [0.717, 1.165) is 0 Å². The molecule has 1 amide bonds. The zero-order valence-corrected chi connectivity index (χ0v) is 24.5. The van der Waals surface area contributed by atoms with E-state index in [1.165, 1.54) is 12.3 Å². The third kappa shape index (κ3) is 4.31. The number of halogens is 5. The third-order valence-corrected chi connectivity index (χ3v) is 10.4. The standard InChI is InChI=1S/C30H32Cl2F3N3O4/c1-15(39)22-5-2-16(10-42-22)8-21(40)25-23(18-6-7-36-26(32)24(18)35)30(29(38-25)11-28(12-29,13-33)14-34)19-4-3-17(31)9-20(19)37-27(30)41/h3-4,6-7,9,15-16,22-23,25,38-39H,2,5,8,10-14H2,1H3,(H,37,41)/t15-,16+,22+,23+,25+,30-/m1/s1. The molecule has 1 aromatic carbocycles. The highest BCUT2D eigenvalue weighted by Crippen LogP contribution is 2.68. The van der Waals surface area contributed by atoms with E-state index in [-0.39, 0.29) is 49.2 Å². The van der Waals surface area contributed by atoms with E-state index in [1.807, 2.05) is 0 Å². The van der Waals surface area contributed by atoms with E-state index in [1.54, 1.807) is 25.1 Å². The number of aliphatic hydroxyl groups is 1. The number of aromatic nitrogens is 1. The minimum atomic E-state index is -1.60. The lowest BCUT2D eigenvalue weighted by atomic mass is 9.46. The summed E-state index contributed by atoms with van der Waals surface area (Å²) in [5.74, 6) is -2.92. The predicted molar refractivity (Wildman–Crippen MR) is 151 cm³/mol. The monoisotopic (exact) mass is 625 g/mol. The van der Waals surface area contributed by atoms with Crippen LogP contribution in [-0.2, 0) is 19.7 Å². The number of rotatable bonds is 7. The Bertz CT molecular complexity index is 1410. The van der Waals surface area contributed by atoms with Crippen molar-refractivity contribution in [2.24, 2.45) is 11.3 Å². The van der Waals surface area contributed by atoms with Crippen molar-refractivity contribution < 1.29 is 32.6 Å². The molecule has 42 heavy (non-hydrogen) atoms. The van der Waals surface area contributed by atoms with Crippen molar-refractivity contribution in [1.29, 1.82) is 0 Å². The van der Waals surface area contributed by atoms with Crippen molar-refractivity contribution in [1.82, 2.24) is 10.3 Å². The van der Waals surface area contributed by atoms with E-state index in [2.05, 4.69) is 15.6 Å². The molecule has 226 valence electrons. The molecule has 2 spiro atoms. The lowest BCUT2D eigenvalue weighted by Gasteiger charge is -2.59. The Hall–Kier alpha value is -2.24. The number of carbonyl (C=O) groups is 2. The molecule has 12 heteroatoms. The van der Waals surface area contributed by atoms with Crippen molar-refractivity contribution >= 4 is 40.6 Å². The second kappa shape index (κ2) is 10.7. The highest BCUT2D eigenvalue weighted by molar-refractivity contribution is 6.31. The molecule has 3 aliphatic heterocycles. The Balaban J connectivity index is 1.48. The molecule has 6 rings (SSSR count). The van der Waals surface area contributed by atoms with Crippen LogP contribution in [0, 0.1) is 17.2 Å². The third-order valence-electron chi connectivity index (χ3n) is 9.91.